The summed E-state index contributed by atoms with van der Waals surface area (Å²) in [5.41, 5.74) is 0.483. The van der Waals surface area contributed by atoms with E-state index < -0.39 is 0 Å². The van der Waals surface area contributed by atoms with Gasteiger partial charge in [-0.1, -0.05) is 0 Å². The summed E-state index contributed by atoms with van der Waals surface area (Å²) in [4.78, 5) is 12.2. The van der Waals surface area contributed by atoms with E-state index in [0.717, 1.165) is 13.1 Å². The van der Waals surface area contributed by atoms with Crippen LogP contribution >= 0.6 is 0 Å². The fraction of sp³-hybridized carbons (Fsp3) is 0.500. The zero-order valence-corrected chi connectivity index (χ0v) is 11.8. The quantitative estimate of drug-likeness (QED) is 0.818. The van der Waals surface area contributed by atoms with Crippen LogP contribution in [0.4, 0.5) is 0 Å². The van der Waals surface area contributed by atoms with E-state index in [-0.39, 0.29) is 12.0 Å². The monoisotopic (exact) mass is 280 g/mol. The number of hydrogen-bond donors (Lipinski definition) is 2. The minimum atomic E-state index is -0.182. The maximum absolute atomic E-state index is 12.2. The lowest BCUT2D eigenvalue weighted by molar-refractivity contribution is 0.0287. The second-order valence-corrected chi connectivity index (χ2v) is 4.47. The van der Waals surface area contributed by atoms with E-state index in [0.29, 0.717) is 30.2 Å². The molecule has 2 N–H and O–H groups in total. The number of amides is 1. The van der Waals surface area contributed by atoms with E-state index in [9.17, 15) is 4.79 Å². The maximum atomic E-state index is 12.2. The Morgan fingerprint density at radius 2 is 2.30 bits per heavy atom. The first-order chi connectivity index (χ1) is 9.74. The molecule has 1 saturated heterocycles. The van der Waals surface area contributed by atoms with Crippen LogP contribution in [0.5, 0.6) is 11.5 Å². The predicted octanol–water partition coefficient (Wildman–Crippen LogP) is 0.422. The Labute approximate surface area is 118 Å². The Hall–Kier alpha value is -1.79. The van der Waals surface area contributed by atoms with Crippen molar-refractivity contribution in [2.24, 2.45) is 0 Å². The number of carbonyl (C=O) groups is 1. The molecule has 0 aliphatic carbocycles. The second kappa shape index (κ2) is 7.12. The summed E-state index contributed by atoms with van der Waals surface area (Å²) in [5.74, 6) is 0.960. The Balaban J connectivity index is 1.97. The minimum Gasteiger partial charge on any atom is -0.497 e. The number of carbonyl (C=O) groups excluding carboxylic acids is 1. The van der Waals surface area contributed by atoms with E-state index in [1.807, 2.05) is 0 Å². The zero-order chi connectivity index (χ0) is 14.4. The fourth-order valence-corrected chi connectivity index (χ4v) is 2.04. The van der Waals surface area contributed by atoms with Crippen LogP contribution in [0.2, 0.25) is 0 Å². The summed E-state index contributed by atoms with van der Waals surface area (Å²) in [6.45, 7) is 2.75. The lowest BCUT2D eigenvalue weighted by Gasteiger charge is -2.23. The average molecular weight is 280 g/mol. The van der Waals surface area contributed by atoms with Crippen LogP contribution in [-0.4, -0.2) is 52.5 Å². The van der Waals surface area contributed by atoms with Crippen molar-refractivity contribution in [3.8, 4) is 11.5 Å². The van der Waals surface area contributed by atoms with E-state index >= 15 is 0 Å². The Bertz CT molecular complexity index is 458. The van der Waals surface area contributed by atoms with Gasteiger partial charge in [0.2, 0.25) is 0 Å². The van der Waals surface area contributed by atoms with Gasteiger partial charge < -0.3 is 24.8 Å². The van der Waals surface area contributed by atoms with Gasteiger partial charge in [-0.2, -0.15) is 0 Å². The molecule has 1 unspecified atom stereocenters. The molecule has 1 amide bonds. The highest BCUT2D eigenvalue weighted by atomic mass is 16.5. The summed E-state index contributed by atoms with van der Waals surface area (Å²) in [5, 5.41) is 6.07. The third kappa shape index (κ3) is 3.61. The molecule has 0 spiro atoms. The highest BCUT2D eigenvalue weighted by Crippen LogP contribution is 2.24. The summed E-state index contributed by atoms with van der Waals surface area (Å²) in [6, 6.07) is 5.11. The molecule has 110 valence electrons. The van der Waals surface area contributed by atoms with Crippen LogP contribution in [-0.2, 0) is 4.74 Å². The van der Waals surface area contributed by atoms with Crippen molar-refractivity contribution in [2.45, 2.75) is 6.10 Å². The first kappa shape index (κ1) is 14.6. The van der Waals surface area contributed by atoms with Gasteiger partial charge in [0.1, 0.15) is 11.5 Å². The Morgan fingerprint density at radius 3 is 2.95 bits per heavy atom. The molecule has 1 aromatic carbocycles. The molecule has 6 heteroatoms. The lowest BCUT2D eigenvalue weighted by atomic mass is 10.1. The number of rotatable bonds is 5. The number of hydrogen-bond acceptors (Lipinski definition) is 5. The van der Waals surface area contributed by atoms with Gasteiger partial charge in [0.15, 0.2) is 0 Å². The molecule has 0 aromatic heterocycles. The fourth-order valence-electron chi connectivity index (χ4n) is 2.04. The van der Waals surface area contributed by atoms with E-state index in [1.54, 1.807) is 25.3 Å². The summed E-state index contributed by atoms with van der Waals surface area (Å²) in [7, 11) is 3.10. The third-order valence-corrected chi connectivity index (χ3v) is 3.15. The van der Waals surface area contributed by atoms with Crippen LogP contribution in [0.1, 0.15) is 10.4 Å². The molecule has 0 saturated carbocycles. The largest absolute Gasteiger partial charge is 0.497 e. The summed E-state index contributed by atoms with van der Waals surface area (Å²) >= 11 is 0. The normalized spacial score (nSPS) is 18.4. The highest BCUT2D eigenvalue weighted by molar-refractivity contribution is 5.97. The lowest BCUT2D eigenvalue weighted by Crippen LogP contribution is -2.45. The molecule has 20 heavy (non-hydrogen) atoms. The van der Waals surface area contributed by atoms with E-state index in [2.05, 4.69) is 10.6 Å². The summed E-state index contributed by atoms with van der Waals surface area (Å²) in [6.07, 6.45) is 0.0111. The SMILES string of the molecule is COc1ccc(C(=O)NCC2CNCCO2)c(OC)c1. The molecule has 2 rings (SSSR count). The van der Waals surface area contributed by atoms with Crippen LogP contribution in [0, 0.1) is 0 Å². The number of nitrogens with one attached hydrogen (secondary N) is 2. The molecule has 1 aromatic rings. The number of methoxy groups -OCH3 is 2. The molecule has 6 nitrogen and oxygen atoms in total. The molecule has 0 bridgehead atoms. The van der Waals surface area contributed by atoms with Crippen molar-refractivity contribution in [1.82, 2.24) is 10.6 Å². The molecular formula is C14H20N2O4. The Morgan fingerprint density at radius 1 is 1.45 bits per heavy atom. The van der Waals surface area contributed by atoms with Crippen LogP contribution in [0.3, 0.4) is 0 Å². The van der Waals surface area contributed by atoms with Gasteiger partial charge in [-0.15, -0.1) is 0 Å². The van der Waals surface area contributed by atoms with E-state index in [4.69, 9.17) is 14.2 Å². The van der Waals surface area contributed by atoms with Gasteiger partial charge in [0.25, 0.3) is 5.91 Å². The maximum Gasteiger partial charge on any atom is 0.255 e. The first-order valence-corrected chi connectivity index (χ1v) is 6.57. The van der Waals surface area contributed by atoms with Crippen molar-refractivity contribution >= 4 is 5.91 Å². The molecular weight excluding hydrogens is 260 g/mol. The van der Waals surface area contributed by atoms with E-state index in [1.165, 1.54) is 7.11 Å². The molecule has 1 aliphatic heterocycles. The van der Waals surface area contributed by atoms with Gasteiger partial charge in [-0.05, 0) is 12.1 Å². The number of morpholine rings is 1. The molecule has 0 radical (unpaired) electrons. The highest BCUT2D eigenvalue weighted by Gasteiger charge is 2.17. The van der Waals surface area contributed by atoms with Crippen LogP contribution in [0.15, 0.2) is 18.2 Å². The minimum absolute atomic E-state index is 0.0111. The van der Waals surface area contributed by atoms with Crippen molar-refractivity contribution in [3.05, 3.63) is 23.8 Å². The topological polar surface area (TPSA) is 68.8 Å². The van der Waals surface area contributed by atoms with Gasteiger partial charge in [0, 0.05) is 25.7 Å². The van der Waals surface area contributed by atoms with Crippen LogP contribution in [0.25, 0.3) is 0 Å². The van der Waals surface area contributed by atoms with Gasteiger partial charge in [-0.3, -0.25) is 4.79 Å². The first-order valence-electron chi connectivity index (χ1n) is 6.57. The predicted molar refractivity (Wildman–Crippen MR) is 74.5 cm³/mol. The van der Waals surface area contributed by atoms with Crippen LogP contribution < -0.4 is 20.1 Å². The Kier molecular flexibility index (Phi) is 5.20. The standard InChI is InChI=1S/C14H20N2O4/c1-18-10-3-4-12(13(7-10)19-2)14(17)16-9-11-8-15-5-6-20-11/h3-4,7,11,15H,5-6,8-9H2,1-2H3,(H,16,17). The average Bonchev–Trinajstić information content (AvgIpc) is 2.52. The van der Waals surface area contributed by atoms with Crippen molar-refractivity contribution in [2.75, 3.05) is 40.5 Å². The third-order valence-electron chi connectivity index (χ3n) is 3.15. The summed E-state index contributed by atoms with van der Waals surface area (Å²) < 4.78 is 15.9. The van der Waals surface area contributed by atoms with Gasteiger partial charge in [0.05, 0.1) is 32.5 Å². The second-order valence-electron chi connectivity index (χ2n) is 4.47. The number of ether oxygens (including phenoxy) is 3. The van der Waals surface area contributed by atoms with Gasteiger partial charge in [-0.25, -0.2) is 0 Å². The van der Waals surface area contributed by atoms with Crippen molar-refractivity contribution in [1.29, 1.82) is 0 Å². The smallest absolute Gasteiger partial charge is 0.255 e. The van der Waals surface area contributed by atoms with Crippen molar-refractivity contribution < 1.29 is 19.0 Å². The zero-order valence-electron chi connectivity index (χ0n) is 11.8. The molecule has 1 atom stereocenters. The molecule has 1 heterocycles. The van der Waals surface area contributed by atoms with Gasteiger partial charge >= 0.3 is 0 Å². The van der Waals surface area contributed by atoms with Crippen molar-refractivity contribution in [3.63, 3.8) is 0 Å². The molecule has 1 fully saturated rings. The molecule has 1 aliphatic rings. The number of benzene rings is 1.